The van der Waals surface area contributed by atoms with Crippen LogP contribution in [0.1, 0.15) is 26.3 Å². The third kappa shape index (κ3) is 5.73. The summed E-state index contributed by atoms with van der Waals surface area (Å²) in [5.41, 5.74) is 1.09. The monoisotopic (exact) mass is 437 g/mol. The van der Waals surface area contributed by atoms with Crippen LogP contribution in [-0.4, -0.2) is 60.4 Å². The molecule has 10 heteroatoms. The van der Waals surface area contributed by atoms with Crippen LogP contribution in [0.3, 0.4) is 0 Å². The molecule has 0 aliphatic carbocycles. The van der Waals surface area contributed by atoms with Crippen LogP contribution < -0.4 is 0 Å². The molecule has 9 nitrogen and oxygen atoms in total. The van der Waals surface area contributed by atoms with Crippen LogP contribution in [0.25, 0.3) is 0 Å². The van der Waals surface area contributed by atoms with E-state index in [0.29, 0.717) is 11.0 Å². The van der Waals surface area contributed by atoms with Gasteiger partial charge in [-0.05, 0) is 5.56 Å². The van der Waals surface area contributed by atoms with Gasteiger partial charge >= 0.3 is 17.9 Å². The second kappa shape index (κ2) is 9.94. The van der Waals surface area contributed by atoms with Crippen molar-refractivity contribution in [1.29, 1.82) is 0 Å². The molecule has 2 aliphatic heterocycles. The summed E-state index contributed by atoms with van der Waals surface area (Å²) in [7, 11) is 0. The van der Waals surface area contributed by atoms with E-state index in [4.69, 9.17) is 23.7 Å². The predicted molar refractivity (Wildman–Crippen MR) is 106 cm³/mol. The van der Waals surface area contributed by atoms with Gasteiger partial charge in [0.2, 0.25) is 5.23 Å². The minimum atomic E-state index is -1.01. The molecule has 2 aliphatic rings. The molecule has 30 heavy (non-hydrogen) atoms. The molecule has 0 amide bonds. The zero-order chi connectivity index (χ0) is 21.7. The number of hydrogen-bond donors (Lipinski definition) is 0. The van der Waals surface area contributed by atoms with E-state index >= 15 is 0 Å². The van der Waals surface area contributed by atoms with Gasteiger partial charge in [0.25, 0.3) is 0 Å². The highest BCUT2D eigenvalue weighted by molar-refractivity contribution is 8.12. The number of carbonyl (C=O) groups is 3. The van der Waals surface area contributed by atoms with E-state index in [0.717, 1.165) is 5.56 Å². The Kier molecular flexibility index (Phi) is 7.33. The largest absolute Gasteiger partial charge is 0.463 e. The van der Waals surface area contributed by atoms with Crippen molar-refractivity contribution in [3.05, 3.63) is 35.9 Å². The molecule has 162 valence electrons. The summed E-state index contributed by atoms with van der Waals surface area (Å²) in [6.45, 7) is 3.55. The number of ether oxygens (including phenoxy) is 5. The fourth-order valence-electron chi connectivity index (χ4n) is 3.16. The van der Waals surface area contributed by atoms with E-state index in [1.807, 2.05) is 30.3 Å². The van der Waals surface area contributed by atoms with Crippen molar-refractivity contribution in [3.8, 4) is 0 Å². The number of esters is 3. The minimum absolute atomic E-state index is 0.184. The SMILES string of the molecule is CC(=O)OC[C@H]1O[C@@H]2N=C(SCc3ccccc3)O[C@@H]2[C@@H](OC(C)=O)[C@@H]1OC(C)=O. The van der Waals surface area contributed by atoms with Gasteiger partial charge in [-0.2, -0.15) is 0 Å². The minimum Gasteiger partial charge on any atom is -0.463 e. The molecular formula is C20H23NO8S. The van der Waals surface area contributed by atoms with Crippen molar-refractivity contribution >= 4 is 34.9 Å². The zero-order valence-electron chi connectivity index (χ0n) is 16.8. The van der Waals surface area contributed by atoms with Gasteiger partial charge in [-0.25, -0.2) is 4.99 Å². The highest BCUT2D eigenvalue weighted by atomic mass is 32.2. The number of carbonyl (C=O) groups excluding carboxylic acids is 3. The lowest BCUT2D eigenvalue weighted by Gasteiger charge is -2.40. The highest BCUT2D eigenvalue weighted by Crippen LogP contribution is 2.35. The molecule has 0 aromatic heterocycles. The smallest absolute Gasteiger partial charge is 0.303 e. The number of hydrogen-bond acceptors (Lipinski definition) is 10. The molecule has 1 saturated heterocycles. The Morgan fingerprint density at radius 3 is 2.30 bits per heavy atom. The maximum absolute atomic E-state index is 11.7. The number of thioether (sulfide) groups is 1. The summed E-state index contributed by atoms with van der Waals surface area (Å²) >= 11 is 1.37. The van der Waals surface area contributed by atoms with Crippen LogP contribution in [0.4, 0.5) is 0 Å². The summed E-state index contributed by atoms with van der Waals surface area (Å²) in [6, 6.07) is 9.79. The van der Waals surface area contributed by atoms with E-state index in [-0.39, 0.29) is 6.61 Å². The first kappa shape index (κ1) is 22.1. The van der Waals surface area contributed by atoms with Crippen molar-refractivity contribution < 1.29 is 38.1 Å². The quantitative estimate of drug-likeness (QED) is 0.486. The molecule has 1 fully saturated rings. The highest BCUT2D eigenvalue weighted by Gasteiger charge is 2.54. The molecule has 0 bridgehead atoms. The molecular weight excluding hydrogens is 414 g/mol. The standard InChI is InChI=1S/C20H23NO8S/c1-11(22)25-9-15-16(26-12(2)23)17(27-13(3)24)18-19(28-15)21-20(29-18)30-10-14-7-5-4-6-8-14/h4-8,15-19H,9-10H2,1-3H3/t15-,16-,17+,18-,19+/m1/s1. The summed E-state index contributed by atoms with van der Waals surface area (Å²) in [5, 5.41) is 0.376. The molecule has 0 spiro atoms. The fourth-order valence-corrected chi connectivity index (χ4v) is 4.00. The van der Waals surface area contributed by atoms with Gasteiger partial charge in [-0.1, -0.05) is 42.1 Å². The van der Waals surface area contributed by atoms with Crippen LogP contribution in [0.15, 0.2) is 35.3 Å². The summed E-state index contributed by atoms with van der Waals surface area (Å²) in [4.78, 5) is 39.0. The lowest BCUT2D eigenvalue weighted by Crippen LogP contribution is -2.60. The summed E-state index contributed by atoms with van der Waals surface area (Å²) < 4.78 is 27.6. The number of benzene rings is 1. The van der Waals surface area contributed by atoms with Crippen LogP contribution in [0.5, 0.6) is 0 Å². The van der Waals surface area contributed by atoms with E-state index in [2.05, 4.69) is 4.99 Å². The Bertz CT molecular complexity index is 814. The molecule has 1 aromatic carbocycles. The molecule has 0 unspecified atom stereocenters. The van der Waals surface area contributed by atoms with Gasteiger partial charge in [0.1, 0.15) is 12.7 Å². The van der Waals surface area contributed by atoms with E-state index < -0.39 is 48.6 Å². The lowest BCUT2D eigenvalue weighted by atomic mass is 9.98. The maximum Gasteiger partial charge on any atom is 0.303 e. The Labute approximate surface area is 178 Å². The molecule has 0 saturated carbocycles. The fraction of sp³-hybridized carbons (Fsp3) is 0.500. The maximum atomic E-state index is 11.7. The van der Waals surface area contributed by atoms with Gasteiger partial charge in [0.05, 0.1) is 0 Å². The summed E-state index contributed by atoms with van der Waals surface area (Å²) in [5.74, 6) is -1.05. The van der Waals surface area contributed by atoms with Crippen molar-refractivity contribution in [2.45, 2.75) is 57.2 Å². The van der Waals surface area contributed by atoms with Gasteiger partial charge in [0, 0.05) is 26.5 Å². The van der Waals surface area contributed by atoms with E-state index in [1.54, 1.807) is 0 Å². The van der Waals surface area contributed by atoms with Crippen molar-refractivity contribution in [2.24, 2.45) is 4.99 Å². The zero-order valence-corrected chi connectivity index (χ0v) is 17.6. The predicted octanol–water partition coefficient (Wildman–Crippen LogP) is 1.83. The Balaban J connectivity index is 1.77. The van der Waals surface area contributed by atoms with Crippen molar-refractivity contribution in [3.63, 3.8) is 0 Å². The van der Waals surface area contributed by atoms with Gasteiger partial charge in [-0.15, -0.1) is 0 Å². The van der Waals surface area contributed by atoms with Gasteiger partial charge < -0.3 is 23.7 Å². The third-order valence-corrected chi connectivity index (χ3v) is 5.27. The first-order valence-electron chi connectivity index (χ1n) is 9.38. The van der Waals surface area contributed by atoms with E-state index in [9.17, 15) is 14.4 Å². The molecule has 0 radical (unpaired) electrons. The number of rotatable bonds is 6. The molecule has 3 rings (SSSR count). The Morgan fingerprint density at radius 2 is 1.67 bits per heavy atom. The topological polar surface area (TPSA) is 110 Å². The molecule has 0 N–H and O–H groups in total. The van der Waals surface area contributed by atoms with Crippen LogP contribution in [-0.2, 0) is 43.8 Å². The molecule has 1 aromatic rings. The van der Waals surface area contributed by atoms with Crippen molar-refractivity contribution in [1.82, 2.24) is 0 Å². The van der Waals surface area contributed by atoms with Crippen LogP contribution >= 0.6 is 11.8 Å². The van der Waals surface area contributed by atoms with Gasteiger partial charge in [-0.3, -0.25) is 14.4 Å². The second-order valence-corrected chi connectivity index (χ2v) is 7.69. The Hall–Kier alpha value is -2.59. The normalized spacial score (nSPS) is 27.3. The summed E-state index contributed by atoms with van der Waals surface area (Å²) in [6.07, 6.45) is -4.43. The Morgan fingerprint density at radius 1 is 1.00 bits per heavy atom. The molecule has 2 heterocycles. The first-order chi connectivity index (χ1) is 14.3. The van der Waals surface area contributed by atoms with Crippen molar-refractivity contribution in [2.75, 3.05) is 6.61 Å². The average molecular weight is 437 g/mol. The first-order valence-corrected chi connectivity index (χ1v) is 10.4. The second-order valence-electron chi connectivity index (χ2n) is 6.77. The molecule has 5 atom stereocenters. The number of nitrogens with zero attached hydrogens (tertiary/aromatic N) is 1. The average Bonchev–Trinajstić information content (AvgIpc) is 3.09. The number of fused-ring (bicyclic) bond motifs is 1. The van der Waals surface area contributed by atoms with Crippen LogP contribution in [0.2, 0.25) is 0 Å². The van der Waals surface area contributed by atoms with E-state index in [1.165, 1.54) is 32.5 Å². The lowest BCUT2D eigenvalue weighted by molar-refractivity contribution is -0.236. The van der Waals surface area contributed by atoms with Crippen LogP contribution in [0, 0.1) is 0 Å². The number of aliphatic imine (C=N–C) groups is 1. The van der Waals surface area contributed by atoms with Gasteiger partial charge in [0.15, 0.2) is 24.5 Å². The third-order valence-electron chi connectivity index (χ3n) is 4.34.